The second-order valence-corrected chi connectivity index (χ2v) is 10.5. The first-order valence-electron chi connectivity index (χ1n) is 8.36. The zero-order valence-corrected chi connectivity index (χ0v) is 16.1. The van der Waals surface area contributed by atoms with Crippen LogP contribution in [-0.4, -0.2) is 37.2 Å². The maximum Gasteiger partial charge on any atom is 0.258 e. The van der Waals surface area contributed by atoms with E-state index in [4.69, 9.17) is 16.3 Å². The standard InChI is InChI=1S/C18H17ClF2O3S2/c19-11-3-5-12(6-4-11)26(22,23)18(21)8-7-14(20)17-16(18)13-2-1-9-25-15(13)10-24-17/h3-8,13-15H,1-2,9-10H2/t13?,14?,15-,18?/m0/s1. The van der Waals surface area contributed by atoms with Crippen molar-refractivity contribution in [1.82, 2.24) is 0 Å². The summed E-state index contributed by atoms with van der Waals surface area (Å²) < 4.78 is 62.5. The molecule has 0 amide bonds. The Morgan fingerprint density at radius 3 is 2.73 bits per heavy atom. The molecular weight excluding hydrogens is 402 g/mol. The maximum absolute atomic E-state index is 16.2. The molecule has 4 atom stereocenters. The van der Waals surface area contributed by atoms with Crippen molar-refractivity contribution in [3.8, 4) is 0 Å². The fourth-order valence-corrected chi connectivity index (χ4v) is 6.89. The lowest BCUT2D eigenvalue weighted by Gasteiger charge is -2.43. The molecule has 1 aromatic rings. The molecule has 2 aliphatic heterocycles. The van der Waals surface area contributed by atoms with Crippen LogP contribution in [0.1, 0.15) is 12.8 Å². The highest BCUT2D eigenvalue weighted by Crippen LogP contribution is 2.51. The molecule has 3 unspecified atom stereocenters. The first-order valence-corrected chi connectivity index (χ1v) is 11.3. The number of halogens is 3. The molecule has 3 aliphatic rings. The van der Waals surface area contributed by atoms with Crippen LogP contribution in [0, 0.1) is 5.92 Å². The molecule has 1 fully saturated rings. The van der Waals surface area contributed by atoms with Gasteiger partial charge in [0, 0.05) is 21.8 Å². The van der Waals surface area contributed by atoms with Crippen molar-refractivity contribution in [2.45, 2.75) is 34.2 Å². The van der Waals surface area contributed by atoms with Crippen LogP contribution in [0.25, 0.3) is 0 Å². The number of hydrogen-bond acceptors (Lipinski definition) is 4. The number of hydrogen-bond donors (Lipinski definition) is 0. The minimum atomic E-state index is -4.45. The molecule has 0 bridgehead atoms. The molecule has 4 rings (SSSR count). The zero-order valence-electron chi connectivity index (χ0n) is 13.7. The Labute approximate surface area is 160 Å². The molecule has 2 heterocycles. The molecule has 1 aromatic carbocycles. The van der Waals surface area contributed by atoms with Crippen molar-refractivity contribution in [2.24, 2.45) is 5.92 Å². The first-order chi connectivity index (χ1) is 12.3. The Morgan fingerprint density at radius 1 is 1.27 bits per heavy atom. The quantitative estimate of drug-likeness (QED) is 0.664. The van der Waals surface area contributed by atoms with Crippen molar-refractivity contribution in [1.29, 1.82) is 0 Å². The van der Waals surface area contributed by atoms with E-state index in [2.05, 4.69) is 0 Å². The van der Waals surface area contributed by atoms with Gasteiger partial charge in [0.1, 0.15) is 12.4 Å². The van der Waals surface area contributed by atoms with Crippen LogP contribution >= 0.6 is 23.4 Å². The summed E-state index contributed by atoms with van der Waals surface area (Å²) in [5.74, 6) is 0.384. The SMILES string of the molecule is O=S(=O)(c1ccc(Cl)cc1)C1(F)C=CC(F)C2=C1C1CCCS[C@H]1CO2. The van der Waals surface area contributed by atoms with E-state index in [-0.39, 0.29) is 34.0 Å². The van der Waals surface area contributed by atoms with E-state index in [1.165, 1.54) is 24.3 Å². The number of thioether (sulfide) groups is 1. The average Bonchev–Trinajstić information content (AvgIpc) is 2.64. The smallest absolute Gasteiger partial charge is 0.258 e. The molecular formula is C18H17ClF2O3S2. The summed E-state index contributed by atoms with van der Waals surface area (Å²) in [5, 5.41) is -2.53. The van der Waals surface area contributed by atoms with Gasteiger partial charge in [-0.2, -0.15) is 11.8 Å². The predicted molar refractivity (Wildman–Crippen MR) is 98.5 cm³/mol. The largest absolute Gasteiger partial charge is 0.493 e. The minimum Gasteiger partial charge on any atom is -0.493 e. The number of alkyl halides is 2. The van der Waals surface area contributed by atoms with Gasteiger partial charge in [-0.1, -0.05) is 11.6 Å². The third-order valence-electron chi connectivity index (χ3n) is 5.09. The van der Waals surface area contributed by atoms with E-state index >= 15 is 4.39 Å². The Morgan fingerprint density at radius 2 is 2.00 bits per heavy atom. The van der Waals surface area contributed by atoms with Gasteiger partial charge in [-0.25, -0.2) is 17.2 Å². The van der Waals surface area contributed by atoms with Crippen LogP contribution in [0.5, 0.6) is 0 Å². The van der Waals surface area contributed by atoms with E-state index in [0.29, 0.717) is 11.4 Å². The summed E-state index contributed by atoms with van der Waals surface area (Å²) in [6.45, 7) is 0.277. The summed E-state index contributed by atoms with van der Waals surface area (Å²) >= 11 is 7.45. The fraction of sp³-hybridized carbons (Fsp3) is 0.444. The average molecular weight is 419 g/mol. The Balaban J connectivity index is 1.86. The van der Waals surface area contributed by atoms with E-state index in [1.807, 2.05) is 0 Å². The summed E-state index contributed by atoms with van der Waals surface area (Å²) in [5.41, 5.74) is -0.0640. The van der Waals surface area contributed by atoms with Crippen molar-refractivity contribution >= 4 is 33.2 Å². The molecule has 0 radical (unpaired) electrons. The van der Waals surface area contributed by atoms with Gasteiger partial charge in [-0.3, -0.25) is 0 Å². The monoisotopic (exact) mass is 418 g/mol. The Bertz CT molecular complexity index is 882. The Kier molecular flexibility index (Phi) is 4.60. The molecule has 0 saturated carbocycles. The topological polar surface area (TPSA) is 43.4 Å². The van der Waals surface area contributed by atoms with Crippen molar-refractivity contribution in [3.63, 3.8) is 0 Å². The minimum absolute atomic E-state index is 0.0586. The molecule has 0 N–H and O–H groups in total. The van der Waals surface area contributed by atoms with E-state index in [9.17, 15) is 12.8 Å². The highest BCUT2D eigenvalue weighted by Gasteiger charge is 2.56. The highest BCUT2D eigenvalue weighted by molar-refractivity contribution is 8.00. The number of ether oxygens (including phenoxy) is 1. The zero-order chi connectivity index (χ0) is 18.5. The van der Waals surface area contributed by atoms with E-state index < -0.39 is 21.0 Å². The van der Waals surface area contributed by atoms with Gasteiger partial charge in [-0.15, -0.1) is 0 Å². The van der Waals surface area contributed by atoms with Crippen LogP contribution in [-0.2, 0) is 14.6 Å². The number of sulfone groups is 1. The number of rotatable bonds is 2. The normalized spacial score (nSPS) is 34.0. The lowest BCUT2D eigenvalue weighted by Crippen LogP contribution is -2.47. The van der Waals surface area contributed by atoms with Gasteiger partial charge >= 0.3 is 0 Å². The molecule has 140 valence electrons. The van der Waals surface area contributed by atoms with Gasteiger partial charge in [0.05, 0.1) is 4.90 Å². The molecule has 3 nitrogen and oxygen atoms in total. The van der Waals surface area contributed by atoms with Gasteiger partial charge in [0.15, 0.2) is 6.17 Å². The molecule has 8 heteroatoms. The van der Waals surface area contributed by atoms with Crippen molar-refractivity contribution in [3.05, 3.63) is 52.8 Å². The molecule has 0 spiro atoms. The van der Waals surface area contributed by atoms with Crippen LogP contribution in [0.3, 0.4) is 0 Å². The summed E-state index contributed by atoms with van der Waals surface area (Å²) in [7, 11) is -4.45. The number of benzene rings is 1. The summed E-state index contributed by atoms with van der Waals surface area (Å²) in [4.78, 5) is -0.191. The third-order valence-corrected chi connectivity index (χ3v) is 8.79. The van der Waals surface area contributed by atoms with Crippen LogP contribution in [0.2, 0.25) is 5.02 Å². The first kappa shape index (κ1) is 18.3. The molecule has 0 aromatic heterocycles. The van der Waals surface area contributed by atoms with Crippen molar-refractivity contribution in [2.75, 3.05) is 12.4 Å². The number of allylic oxidation sites excluding steroid dienone is 1. The summed E-state index contributed by atoms with van der Waals surface area (Å²) in [6, 6.07) is 5.33. The van der Waals surface area contributed by atoms with Crippen LogP contribution < -0.4 is 0 Å². The second-order valence-electron chi connectivity index (χ2n) is 6.61. The molecule has 1 saturated heterocycles. The Hall–Kier alpha value is -1.05. The lowest BCUT2D eigenvalue weighted by molar-refractivity contribution is 0.114. The second kappa shape index (κ2) is 6.53. The van der Waals surface area contributed by atoms with Gasteiger partial charge in [-0.05, 0) is 55.0 Å². The van der Waals surface area contributed by atoms with E-state index in [0.717, 1.165) is 24.3 Å². The fourth-order valence-electron chi connectivity index (χ4n) is 3.82. The summed E-state index contributed by atoms with van der Waals surface area (Å²) in [6.07, 6.45) is 1.61. The predicted octanol–water partition coefficient (Wildman–Crippen LogP) is 4.48. The highest BCUT2D eigenvalue weighted by atomic mass is 35.5. The van der Waals surface area contributed by atoms with Crippen LogP contribution in [0.15, 0.2) is 52.6 Å². The van der Waals surface area contributed by atoms with E-state index in [1.54, 1.807) is 11.8 Å². The number of fused-ring (bicyclic) bond motifs is 2. The molecule has 1 aliphatic carbocycles. The maximum atomic E-state index is 16.2. The van der Waals surface area contributed by atoms with Crippen molar-refractivity contribution < 1.29 is 21.9 Å². The molecule has 26 heavy (non-hydrogen) atoms. The van der Waals surface area contributed by atoms with Gasteiger partial charge in [0.2, 0.25) is 9.84 Å². The lowest BCUT2D eigenvalue weighted by atomic mass is 9.82. The van der Waals surface area contributed by atoms with Gasteiger partial charge in [0.25, 0.3) is 5.00 Å². The third kappa shape index (κ3) is 2.70. The van der Waals surface area contributed by atoms with Crippen LogP contribution in [0.4, 0.5) is 8.78 Å². The van der Waals surface area contributed by atoms with Gasteiger partial charge < -0.3 is 4.74 Å².